The Kier molecular flexibility index (Phi) is 5.68. The molecule has 0 amide bonds. The lowest BCUT2D eigenvalue weighted by Crippen LogP contribution is -2.53. The lowest BCUT2D eigenvalue weighted by atomic mass is 9.95. The van der Waals surface area contributed by atoms with Crippen molar-refractivity contribution in [3.63, 3.8) is 0 Å². The van der Waals surface area contributed by atoms with E-state index in [0.717, 1.165) is 11.1 Å². The van der Waals surface area contributed by atoms with Crippen molar-refractivity contribution in [2.24, 2.45) is 0 Å². The van der Waals surface area contributed by atoms with Gasteiger partial charge in [-0.2, -0.15) is 0 Å². The molecular weight excluding hydrogens is 324 g/mol. The van der Waals surface area contributed by atoms with Crippen molar-refractivity contribution in [1.82, 2.24) is 0 Å². The Hall–Kier alpha value is -1.43. The zero-order valence-electron chi connectivity index (χ0n) is 14.9. The summed E-state index contributed by atoms with van der Waals surface area (Å²) in [4.78, 5) is -1.51. The summed E-state index contributed by atoms with van der Waals surface area (Å²) in [7, 11) is -3.56. The molecule has 1 aromatic carbocycles. The second-order valence-electron chi connectivity index (χ2n) is 6.59. The average Bonchev–Trinajstić information content (AvgIpc) is 2.47. The van der Waals surface area contributed by atoms with Gasteiger partial charge in [0.25, 0.3) is 0 Å². The molecule has 132 valence electrons. The van der Waals surface area contributed by atoms with Gasteiger partial charge in [0, 0.05) is 6.26 Å². The highest BCUT2D eigenvalue weighted by molar-refractivity contribution is 7.92. The molecule has 1 aliphatic rings. The highest BCUT2D eigenvalue weighted by atomic mass is 32.2. The first-order valence-corrected chi connectivity index (χ1v) is 10.0. The topological polar surface area (TPSA) is 52.6 Å². The predicted octanol–water partition coefficient (Wildman–Crippen LogP) is 3.60. The number of rotatable bonds is 6. The molecule has 2 atom stereocenters. The highest BCUT2D eigenvalue weighted by Crippen LogP contribution is 2.37. The van der Waals surface area contributed by atoms with Crippen molar-refractivity contribution in [3.05, 3.63) is 54.1 Å². The molecule has 1 aromatic rings. The minimum Gasteiger partial charge on any atom is -0.367 e. The Labute approximate surface area is 145 Å². The molecule has 0 saturated carbocycles. The largest absolute Gasteiger partial charge is 0.367 e. The fourth-order valence-corrected chi connectivity index (χ4v) is 4.01. The van der Waals surface area contributed by atoms with Crippen molar-refractivity contribution in [2.75, 3.05) is 6.26 Å². The highest BCUT2D eigenvalue weighted by Gasteiger charge is 2.49. The predicted molar refractivity (Wildman–Crippen MR) is 97.4 cm³/mol. The molecule has 24 heavy (non-hydrogen) atoms. The number of hydrogen-bond donors (Lipinski definition) is 0. The molecule has 0 saturated heterocycles. The molecule has 0 N–H and O–H groups in total. The first-order valence-electron chi connectivity index (χ1n) is 8.15. The first kappa shape index (κ1) is 18.9. The van der Waals surface area contributed by atoms with E-state index in [-0.39, 0.29) is 12.2 Å². The van der Waals surface area contributed by atoms with Crippen LogP contribution in [0.2, 0.25) is 0 Å². The van der Waals surface area contributed by atoms with Crippen molar-refractivity contribution in [2.45, 2.75) is 50.9 Å². The molecule has 0 spiro atoms. The zero-order chi connectivity index (χ0) is 18.0. The molecule has 0 radical (unpaired) electrons. The number of ether oxygens (including phenoxy) is 2. The van der Waals surface area contributed by atoms with Crippen LogP contribution in [0.4, 0.5) is 0 Å². The summed E-state index contributed by atoms with van der Waals surface area (Å²) >= 11 is 0. The van der Waals surface area contributed by atoms with Gasteiger partial charge in [-0.15, -0.1) is 0 Å². The van der Waals surface area contributed by atoms with Crippen LogP contribution in [-0.4, -0.2) is 37.9 Å². The first-order chi connectivity index (χ1) is 11.2. The van der Waals surface area contributed by atoms with Crippen LogP contribution in [0, 0.1) is 0 Å². The Morgan fingerprint density at radius 2 is 1.67 bits per heavy atom. The van der Waals surface area contributed by atoms with E-state index in [4.69, 9.17) is 9.47 Å². The van der Waals surface area contributed by atoms with Crippen LogP contribution >= 0.6 is 0 Å². The van der Waals surface area contributed by atoms with Gasteiger partial charge in [0.1, 0.15) is 6.10 Å². The van der Waals surface area contributed by atoms with Gasteiger partial charge < -0.3 is 9.47 Å². The monoisotopic (exact) mass is 350 g/mol. The molecule has 0 bridgehead atoms. The van der Waals surface area contributed by atoms with E-state index < -0.39 is 20.9 Å². The Morgan fingerprint density at radius 3 is 2.17 bits per heavy atom. The number of sulfone groups is 1. The van der Waals surface area contributed by atoms with E-state index in [2.05, 4.69) is 0 Å². The van der Waals surface area contributed by atoms with E-state index in [1.54, 1.807) is 12.2 Å². The van der Waals surface area contributed by atoms with Crippen LogP contribution in [0.3, 0.4) is 0 Å². The van der Waals surface area contributed by atoms with Crippen LogP contribution < -0.4 is 0 Å². The van der Waals surface area contributed by atoms with Crippen molar-refractivity contribution >= 4 is 15.4 Å². The van der Waals surface area contributed by atoms with Gasteiger partial charge in [-0.25, -0.2) is 8.42 Å². The number of hydrogen-bond acceptors (Lipinski definition) is 4. The van der Waals surface area contributed by atoms with Crippen molar-refractivity contribution < 1.29 is 17.9 Å². The van der Waals surface area contributed by atoms with E-state index >= 15 is 0 Å². The van der Waals surface area contributed by atoms with E-state index in [9.17, 15) is 8.42 Å². The van der Waals surface area contributed by atoms with Gasteiger partial charge >= 0.3 is 0 Å². The van der Waals surface area contributed by atoms with Crippen LogP contribution in [0.5, 0.6) is 0 Å². The lowest BCUT2D eigenvalue weighted by Gasteiger charge is -2.39. The molecule has 0 aromatic heterocycles. The summed E-state index contributed by atoms with van der Waals surface area (Å²) in [5.41, 5.74) is 1.94. The summed E-state index contributed by atoms with van der Waals surface area (Å²) in [6.45, 7) is 7.42. The quantitative estimate of drug-likeness (QED) is 0.787. The van der Waals surface area contributed by atoms with Crippen molar-refractivity contribution in [3.8, 4) is 0 Å². The van der Waals surface area contributed by atoms with Gasteiger partial charge in [-0.3, -0.25) is 0 Å². The third-order valence-corrected chi connectivity index (χ3v) is 5.37. The maximum Gasteiger partial charge on any atom is 0.217 e. The summed E-state index contributed by atoms with van der Waals surface area (Å²) in [6, 6.07) is 9.82. The Bertz CT molecular complexity index is 717. The van der Waals surface area contributed by atoms with Gasteiger partial charge in [-0.05, 0) is 51.0 Å². The zero-order valence-corrected chi connectivity index (χ0v) is 15.7. The molecule has 4 nitrogen and oxygen atoms in total. The minimum absolute atomic E-state index is 0.133. The third-order valence-electron chi connectivity index (χ3n) is 3.75. The fourth-order valence-electron chi connectivity index (χ4n) is 2.78. The number of benzene rings is 1. The second kappa shape index (κ2) is 7.21. The third kappa shape index (κ3) is 3.97. The number of allylic oxidation sites excluding steroid dienone is 2. The van der Waals surface area contributed by atoms with Gasteiger partial charge in [0.2, 0.25) is 4.93 Å². The maximum atomic E-state index is 12.6. The minimum atomic E-state index is -3.56. The SMILES string of the molecule is CC(C)OC1C=C(c2ccccc2)C=CC1(OC(C)C)S(C)(=O)=O. The van der Waals surface area contributed by atoms with Gasteiger partial charge in [0.05, 0.1) is 12.2 Å². The van der Waals surface area contributed by atoms with Gasteiger partial charge in [0.15, 0.2) is 9.84 Å². The molecule has 1 aliphatic carbocycles. The lowest BCUT2D eigenvalue weighted by molar-refractivity contribution is -0.0926. The van der Waals surface area contributed by atoms with Crippen LogP contribution in [0.25, 0.3) is 5.57 Å². The van der Waals surface area contributed by atoms with Crippen molar-refractivity contribution in [1.29, 1.82) is 0 Å². The smallest absolute Gasteiger partial charge is 0.217 e. The van der Waals surface area contributed by atoms with E-state index in [1.807, 2.05) is 64.1 Å². The van der Waals surface area contributed by atoms with Crippen LogP contribution in [-0.2, 0) is 19.3 Å². The summed E-state index contributed by atoms with van der Waals surface area (Å²) < 4.78 is 37.0. The second-order valence-corrected chi connectivity index (χ2v) is 8.77. The summed E-state index contributed by atoms with van der Waals surface area (Å²) in [6.07, 6.45) is 5.36. The molecule has 0 aliphatic heterocycles. The summed E-state index contributed by atoms with van der Waals surface area (Å²) in [5.74, 6) is 0. The average molecular weight is 350 g/mol. The molecular formula is C19H26O4S. The Morgan fingerprint density at radius 1 is 1.04 bits per heavy atom. The van der Waals surface area contributed by atoms with E-state index in [1.165, 1.54) is 6.26 Å². The van der Waals surface area contributed by atoms with Crippen LogP contribution in [0.1, 0.15) is 33.3 Å². The van der Waals surface area contributed by atoms with E-state index in [0.29, 0.717) is 0 Å². The molecule has 5 heteroatoms. The molecule has 0 heterocycles. The molecule has 0 fully saturated rings. The fraction of sp³-hybridized carbons (Fsp3) is 0.474. The Balaban J connectivity index is 2.53. The van der Waals surface area contributed by atoms with Gasteiger partial charge in [-0.1, -0.05) is 36.4 Å². The standard InChI is InChI=1S/C19H26O4S/c1-14(2)22-18-13-17(16-9-7-6-8-10-16)11-12-19(18,23-15(3)4)24(5,20)21/h6-15,18H,1-5H3. The molecule has 2 rings (SSSR count). The maximum absolute atomic E-state index is 12.6. The molecule has 2 unspecified atom stereocenters. The van der Waals surface area contributed by atoms with Crippen LogP contribution in [0.15, 0.2) is 48.6 Å². The normalized spacial score (nSPS) is 24.5. The summed E-state index contributed by atoms with van der Waals surface area (Å²) in [5, 5.41) is 0.